The highest BCUT2D eigenvalue weighted by Crippen LogP contribution is 2.51. The Bertz CT molecular complexity index is 242. The topological polar surface area (TPSA) is 69.6 Å². The number of hydrogen-bond donors (Lipinski definition) is 3. The van der Waals surface area contributed by atoms with Crippen LogP contribution >= 0.6 is 0 Å². The molecule has 0 aromatic rings. The number of aliphatic hydroxyl groups is 1. The fourth-order valence-corrected chi connectivity index (χ4v) is 2.71. The standard InChI is InChI=1S/C10H17NO3/c12-8(13)9(3-1-4-9)10(14)5-2-6-11-7-10/h11,14H,1-7H2,(H,12,13). The van der Waals surface area contributed by atoms with Crippen LogP contribution < -0.4 is 5.32 Å². The summed E-state index contributed by atoms with van der Waals surface area (Å²) in [5, 5.41) is 22.7. The van der Waals surface area contributed by atoms with E-state index in [1.54, 1.807) is 0 Å². The predicted molar refractivity (Wildman–Crippen MR) is 51.0 cm³/mol. The first kappa shape index (κ1) is 9.93. The fraction of sp³-hybridized carbons (Fsp3) is 0.900. The molecule has 0 aromatic heterocycles. The SMILES string of the molecule is O=C(O)C1(C2(O)CCCNC2)CCC1. The summed E-state index contributed by atoms with van der Waals surface area (Å²) in [5.41, 5.74) is -1.88. The fourth-order valence-electron chi connectivity index (χ4n) is 2.71. The normalized spacial score (nSPS) is 36.1. The Morgan fingerprint density at radius 2 is 1.93 bits per heavy atom. The number of carboxylic acid groups (broad SMARTS) is 1. The number of β-amino-alcohol motifs (C(OH)–C–C–N with tert-alkyl or cyclic N) is 1. The van der Waals surface area contributed by atoms with Gasteiger partial charge in [0.25, 0.3) is 0 Å². The van der Waals surface area contributed by atoms with Crippen molar-refractivity contribution in [2.75, 3.05) is 13.1 Å². The summed E-state index contributed by atoms with van der Waals surface area (Å²) in [5.74, 6) is -0.824. The number of rotatable bonds is 2. The quantitative estimate of drug-likeness (QED) is 0.600. The maximum absolute atomic E-state index is 11.2. The van der Waals surface area contributed by atoms with E-state index >= 15 is 0 Å². The number of nitrogens with one attached hydrogen (secondary N) is 1. The first-order chi connectivity index (χ1) is 6.61. The van der Waals surface area contributed by atoms with Gasteiger partial charge in [0, 0.05) is 6.54 Å². The lowest BCUT2D eigenvalue weighted by atomic mass is 9.56. The van der Waals surface area contributed by atoms with Crippen LogP contribution in [0.3, 0.4) is 0 Å². The molecule has 0 radical (unpaired) electrons. The molecule has 0 spiro atoms. The van der Waals surface area contributed by atoms with Crippen LogP contribution in [0.5, 0.6) is 0 Å². The Morgan fingerprint density at radius 1 is 1.21 bits per heavy atom. The molecule has 2 fully saturated rings. The lowest BCUT2D eigenvalue weighted by Crippen LogP contribution is -2.63. The van der Waals surface area contributed by atoms with Gasteiger partial charge in [-0.15, -0.1) is 0 Å². The van der Waals surface area contributed by atoms with Gasteiger partial charge in [0.15, 0.2) is 0 Å². The molecule has 1 unspecified atom stereocenters. The van der Waals surface area contributed by atoms with Crippen molar-refractivity contribution in [3.8, 4) is 0 Å². The zero-order valence-electron chi connectivity index (χ0n) is 8.25. The van der Waals surface area contributed by atoms with E-state index in [4.69, 9.17) is 0 Å². The molecule has 1 saturated heterocycles. The average molecular weight is 199 g/mol. The van der Waals surface area contributed by atoms with Crippen LogP contribution in [0.25, 0.3) is 0 Å². The summed E-state index contributed by atoms with van der Waals surface area (Å²) in [6.45, 7) is 1.32. The Hall–Kier alpha value is -0.610. The molecular formula is C10H17NO3. The second-order valence-corrected chi connectivity index (χ2v) is 4.55. The van der Waals surface area contributed by atoms with Crippen molar-refractivity contribution in [1.82, 2.24) is 5.32 Å². The monoisotopic (exact) mass is 199 g/mol. The van der Waals surface area contributed by atoms with E-state index in [9.17, 15) is 15.0 Å². The smallest absolute Gasteiger partial charge is 0.312 e. The minimum Gasteiger partial charge on any atom is -0.481 e. The van der Waals surface area contributed by atoms with Gasteiger partial charge in [-0.2, -0.15) is 0 Å². The maximum atomic E-state index is 11.2. The summed E-state index contributed by atoms with van der Waals surface area (Å²) >= 11 is 0. The van der Waals surface area contributed by atoms with Crippen LogP contribution in [0.2, 0.25) is 0 Å². The Labute approximate surface area is 83.3 Å². The first-order valence-electron chi connectivity index (χ1n) is 5.27. The highest BCUT2D eigenvalue weighted by Gasteiger charge is 2.59. The lowest BCUT2D eigenvalue weighted by molar-refractivity contribution is -0.187. The molecule has 4 nitrogen and oxygen atoms in total. The Morgan fingerprint density at radius 3 is 2.29 bits per heavy atom. The zero-order chi connectivity index (χ0) is 10.2. The molecule has 1 heterocycles. The van der Waals surface area contributed by atoms with Gasteiger partial charge in [0.05, 0.1) is 11.0 Å². The molecule has 80 valence electrons. The van der Waals surface area contributed by atoms with E-state index in [1.165, 1.54) is 0 Å². The molecule has 0 aromatic carbocycles. The minimum atomic E-state index is -1.02. The van der Waals surface area contributed by atoms with Crippen LogP contribution in [0.4, 0.5) is 0 Å². The highest BCUT2D eigenvalue weighted by molar-refractivity contribution is 5.77. The lowest BCUT2D eigenvalue weighted by Gasteiger charge is -2.51. The molecule has 1 saturated carbocycles. The molecular weight excluding hydrogens is 182 g/mol. The Balaban J connectivity index is 2.21. The molecule has 0 amide bonds. The maximum Gasteiger partial charge on any atom is 0.312 e. The number of aliphatic carboxylic acids is 1. The van der Waals surface area contributed by atoms with Gasteiger partial charge in [-0.25, -0.2) is 0 Å². The van der Waals surface area contributed by atoms with E-state index in [0.29, 0.717) is 25.8 Å². The highest BCUT2D eigenvalue weighted by atomic mass is 16.4. The third-order valence-electron chi connectivity index (χ3n) is 3.87. The third-order valence-corrected chi connectivity index (χ3v) is 3.87. The van der Waals surface area contributed by atoms with Crippen molar-refractivity contribution in [3.63, 3.8) is 0 Å². The molecule has 1 atom stereocenters. The predicted octanol–water partition coefficient (Wildman–Crippen LogP) is 0.356. The van der Waals surface area contributed by atoms with Gasteiger partial charge in [-0.3, -0.25) is 4.79 Å². The van der Waals surface area contributed by atoms with Gasteiger partial charge in [0.2, 0.25) is 0 Å². The van der Waals surface area contributed by atoms with Crippen molar-refractivity contribution in [3.05, 3.63) is 0 Å². The molecule has 2 aliphatic rings. The summed E-state index contributed by atoms with van der Waals surface area (Å²) in [7, 11) is 0. The molecule has 1 aliphatic carbocycles. The van der Waals surface area contributed by atoms with Crippen molar-refractivity contribution in [2.45, 2.75) is 37.7 Å². The van der Waals surface area contributed by atoms with E-state index in [0.717, 1.165) is 19.4 Å². The second kappa shape index (κ2) is 3.21. The van der Waals surface area contributed by atoms with Crippen molar-refractivity contribution in [2.24, 2.45) is 5.41 Å². The van der Waals surface area contributed by atoms with Gasteiger partial charge in [0.1, 0.15) is 0 Å². The third kappa shape index (κ3) is 1.17. The molecule has 3 N–H and O–H groups in total. The van der Waals surface area contributed by atoms with Gasteiger partial charge in [-0.05, 0) is 32.2 Å². The number of carboxylic acids is 1. The number of hydrogen-bond acceptors (Lipinski definition) is 3. The summed E-state index contributed by atoms with van der Waals surface area (Å²) < 4.78 is 0. The molecule has 1 aliphatic heterocycles. The summed E-state index contributed by atoms with van der Waals surface area (Å²) in [6, 6.07) is 0. The minimum absolute atomic E-state index is 0.430. The van der Waals surface area contributed by atoms with E-state index < -0.39 is 17.0 Å². The summed E-state index contributed by atoms with van der Waals surface area (Å²) in [4.78, 5) is 11.2. The van der Waals surface area contributed by atoms with Gasteiger partial charge < -0.3 is 15.5 Å². The van der Waals surface area contributed by atoms with Crippen LogP contribution in [0.1, 0.15) is 32.1 Å². The largest absolute Gasteiger partial charge is 0.481 e. The molecule has 4 heteroatoms. The van der Waals surface area contributed by atoms with E-state index in [1.807, 2.05) is 0 Å². The van der Waals surface area contributed by atoms with Crippen LogP contribution in [-0.2, 0) is 4.79 Å². The van der Waals surface area contributed by atoms with Crippen molar-refractivity contribution < 1.29 is 15.0 Å². The van der Waals surface area contributed by atoms with Gasteiger partial charge in [-0.1, -0.05) is 6.42 Å². The zero-order valence-corrected chi connectivity index (χ0v) is 8.25. The van der Waals surface area contributed by atoms with Crippen molar-refractivity contribution in [1.29, 1.82) is 0 Å². The summed E-state index contributed by atoms with van der Waals surface area (Å²) in [6.07, 6.45) is 3.66. The van der Waals surface area contributed by atoms with Gasteiger partial charge >= 0.3 is 5.97 Å². The second-order valence-electron chi connectivity index (χ2n) is 4.55. The number of piperidine rings is 1. The number of carbonyl (C=O) groups is 1. The van der Waals surface area contributed by atoms with Crippen LogP contribution in [-0.4, -0.2) is 34.9 Å². The van der Waals surface area contributed by atoms with Crippen molar-refractivity contribution >= 4 is 5.97 Å². The molecule has 0 bridgehead atoms. The average Bonchev–Trinajstić information content (AvgIpc) is 2.01. The molecule has 2 rings (SSSR count). The van der Waals surface area contributed by atoms with Crippen LogP contribution in [0, 0.1) is 5.41 Å². The van der Waals surface area contributed by atoms with E-state index in [2.05, 4.69) is 5.32 Å². The van der Waals surface area contributed by atoms with E-state index in [-0.39, 0.29) is 0 Å². The Kier molecular flexibility index (Phi) is 2.27. The molecule has 14 heavy (non-hydrogen) atoms. The first-order valence-corrected chi connectivity index (χ1v) is 5.27. The van der Waals surface area contributed by atoms with Crippen LogP contribution in [0.15, 0.2) is 0 Å².